The highest BCUT2D eigenvalue weighted by atomic mass is 127. The van der Waals surface area contributed by atoms with Gasteiger partial charge in [0.25, 0.3) is 0 Å². The zero-order chi connectivity index (χ0) is 14.8. The van der Waals surface area contributed by atoms with Gasteiger partial charge in [-0.1, -0.05) is 70.9 Å². The molecule has 0 atom stereocenters. The van der Waals surface area contributed by atoms with E-state index in [1.807, 2.05) is 0 Å². The Morgan fingerprint density at radius 2 is 1.00 bits per heavy atom. The molecular formula is C14H32I2OSi2. The molecule has 0 unspecified atom stereocenters. The van der Waals surface area contributed by atoms with Crippen molar-refractivity contribution in [2.45, 2.75) is 76.8 Å². The molecule has 0 fully saturated rings. The molecule has 0 aliphatic carbocycles. The highest BCUT2D eigenvalue weighted by Gasteiger charge is 2.31. The smallest absolute Gasteiger partial charge is 0.173 e. The Balaban J connectivity index is 3.93. The van der Waals surface area contributed by atoms with Crippen LogP contribution in [0.1, 0.15) is 38.5 Å². The monoisotopic (exact) mass is 526 g/mol. The number of rotatable bonds is 12. The van der Waals surface area contributed by atoms with Gasteiger partial charge in [0, 0.05) is 0 Å². The van der Waals surface area contributed by atoms with Crippen LogP contribution in [-0.4, -0.2) is 25.5 Å². The summed E-state index contributed by atoms with van der Waals surface area (Å²) in [5.74, 6) is 0. The largest absolute Gasteiger partial charge is 0.455 e. The summed E-state index contributed by atoms with van der Waals surface area (Å²) in [5, 5.41) is 0. The first-order chi connectivity index (χ1) is 8.83. The quantitative estimate of drug-likeness (QED) is 0.120. The van der Waals surface area contributed by atoms with Crippen molar-refractivity contribution in [2.75, 3.05) is 8.86 Å². The van der Waals surface area contributed by atoms with Crippen LogP contribution in [0, 0.1) is 0 Å². The zero-order valence-corrected chi connectivity index (χ0v) is 19.6. The van der Waals surface area contributed by atoms with Gasteiger partial charge in [-0.2, -0.15) is 0 Å². The average Bonchev–Trinajstić information content (AvgIpc) is 2.29. The van der Waals surface area contributed by atoms with E-state index < -0.39 is 16.6 Å². The molecule has 0 radical (unpaired) electrons. The first-order valence-electron chi connectivity index (χ1n) is 7.65. The van der Waals surface area contributed by atoms with Crippen LogP contribution in [-0.2, 0) is 4.12 Å². The van der Waals surface area contributed by atoms with Crippen LogP contribution in [0.5, 0.6) is 0 Å². The van der Waals surface area contributed by atoms with Gasteiger partial charge in [-0.05, 0) is 60.0 Å². The van der Waals surface area contributed by atoms with Crippen molar-refractivity contribution in [3.05, 3.63) is 0 Å². The first-order valence-corrected chi connectivity index (χ1v) is 16.9. The Morgan fingerprint density at radius 1 is 0.632 bits per heavy atom. The lowest BCUT2D eigenvalue weighted by Gasteiger charge is -2.34. The lowest BCUT2D eigenvalue weighted by molar-refractivity contribution is 0.526. The predicted octanol–water partition coefficient (Wildman–Crippen LogP) is 6.62. The van der Waals surface area contributed by atoms with Crippen molar-refractivity contribution in [3.8, 4) is 0 Å². The van der Waals surface area contributed by atoms with Crippen LogP contribution in [0.2, 0.25) is 38.3 Å². The van der Waals surface area contributed by atoms with E-state index in [1.54, 1.807) is 0 Å². The summed E-state index contributed by atoms with van der Waals surface area (Å²) in [6.07, 6.45) is 8.29. The summed E-state index contributed by atoms with van der Waals surface area (Å²) >= 11 is 4.96. The summed E-state index contributed by atoms with van der Waals surface area (Å²) < 4.78 is 9.27. The molecular weight excluding hydrogens is 494 g/mol. The Morgan fingerprint density at radius 3 is 1.32 bits per heavy atom. The highest BCUT2D eigenvalue weighted by Crippen LogP contribution is 2.25. The lowest BCUT2D eigenvalue weighted by Crippen LogP contribution is -2.44. The number of hydrogen-bond acceptors (Lipinski definition) is 1. The molecule has 19 heavy (non-hydrogen) atoms. The molecule has 0 aromatic rings. The third-order valence-electron chi connectivity index (χ3n) is 3.38. The van der Waals surface area contributed by atoms with Crippen LogP contribution in [0.25, 0.3) is 0 Å². The van der Waals surface area contributed by atoms with Crippen LogP contribution in [0.3, 0.4) is 0 Å². The minimum Gasteiger partial charge on any atom is -0.455 e. The molecule has 116 valence electrons. The number of hydrogen-bond donors (Lipinski definition) is 0. The van der Waals surface area contributed by atoms with E-state index in [4.69, 9.17) is 4.12 Å². The van der Waals surface area contributed by atoms with Crippen molar-refractivity contribution >= 4 is 61.8 Å². The van der Waals surface area contributed by atoms with Crippen LogP contribution < -0.4 is 0 Å². The normalized spacial score (nSPS) is 12.9. The summed E-state index contributed by atoms with van der Waals surface area (Å²) in [6, 6.07) is 2.71. The first kappa shape index (κ1) is 20.9. The van der Waals surface area contributed by atoms with Gasteiger partial charge in [-0.15, -0.1) is 0 Å². The summed E-state index contributed by atoms with van der Waals surface area (Å²) in [6.45, 7) is 9.71. The van der Waals surface area contributed by atoms with E-state index in [0.29, 0.717) is 0 Å². The van der Waals surface area contributed by atoms with Gasteiger partial charge >= 0.3 is 0 Å². The van der Waals surface area contributed by atoms with Crippen LogP contribution >= 0.6 is 45.2 Å². The van der Waals surface area contributed by atoms with Crippen molar-refractivity contribution in [1.82, 2.24) is 0 Å². The number of alkyl halides is 2. The maximum absolute atomic E-state index is 6.66. The topological polar surface area (TPSA) is 9.23 Å². The van der Waals surface area contributed by atoms with E-state index in [9.17, 15) is 0 Å². The van der Waals surface area contributed by atoms with Crippen molar-refractivity contribution in [2.24, 2.45) is 0 Å². The molecule has 0 aliphatic rings. The molecule has 1 nitrogen and oxygen atoms in total. The van der Waals surface area contributed by atoms with Gasteiger partial charge in [0.1, 0.15) is 0 Å². The van der Waals surface area contributed by atoms with E-state index >= 15 is 0 Å². The molecule has 0 rings (SSSR count). The third-order valence-corrected chi connectivity index (χ3v) is 12.4. The maximum Gasteiger partial charge on any atom is 0.173 e. The SMILES string of the molecule is C[Si](C)(CCCCCI)O[Si](C)(C)CCCCCI. The van der Waals surface area contributed by atoms with Crippen molar-refractivity contribution in [1.29, 1.82) is 0 Å². The van der Waals surface area contributed by atoms with E-state index in [2.05, 4.69) is 71.4 Å². The Bertz CT molecular complexity index is 201. The molecule has 0 spiro atoms. The molecule has 0 aromatic heterocycles. The fraction of sp³-hybridized carbons (Fsp3) is 1.00. The van der Waals surface area contributed by atoms with E-state index in [-0.39, 0.29) is 0 Å². The maximum atomic E-state index is 6.66. The second-order valence-electron chi connectivity index (χ2n) is 6.62. The number of halogens is 2. The standard InChI is InChI=1S/C14H32I2OSi2/c1-18(2,13-9-5-7-11-15)17-19(3,4)14-10-6-8-12-16/h5-14H2,1-4H3. The second-order valence-corrected chi connectivity index (χ2v) is 17.6. The third kappa shape index (κ3) is 13.3. The zero-order valence-electron chi connectivity index (χ0n) is 13.2. The molecule has 0 aliphatic heterocycles. The predicted molar refractivity (Wildman–Crippen MR) is 111 cm³/mol. The molecule has 0 N–H and O–H groups in total. The molecule has 5 heteroatoms. The van der Waals surface area contributed by atoms with Gasteiger partial charge in [0.15, 0.2) is 16.6 Å². The van der Waals surface area contributed by atoms with Gasteiger partial charge in [-0.25, -0.2) is 0 Å². The lowest BCUT2D eigenvalue weighted by atomic mass is 10.3. The van der Waals surface area contributed by atoms with Gasteiger partial charge in [0.2, 0.25) is 0 Å². The molecule has 0 amide bonds. The average molecular weight is 526 g/mol. The molecule has 0 bridgehead atoms. The number of unbranched alkanes of at least 4 members (excludes halogenated alkanes) is 4. The van der Waals surface area contributed by atoms with Gasteiger partial charge < -0.3 is 4.12 Å². The van der Waals surface area contributed by atoms with Crippen molar-refractivity contribution < 1.29 is 4.12 Å². The summed E-state index contributed by atoms with van der Waals surface area (Å²) in [4.78, 5) is 0. The van der Waals surface area contributed by atoms with Crippen LogP contribution in [0.4, 0.5) is 0 Å². The summed E-state index contributed by atoms with van der Waals surface area (Å²) in [5.41, 5.74) is 0. The van der Waals surface area contributed by atoms with Gasteiger partial charge in [0.05, 0.1) is 0 Å². The van der Waals surface area contributed by atoms with E-state index in [1.165, 1.54) is 59.5 Å². The van der Waals surface area contributed by atoms with E-state index in [0.717, 1.165) is 0 Å². The van der Waals surface area contributed by atoms with Crippen LogP contribution in [0.15, 0.2) is 0 Å². The van der Waals surface area contributed by atoms with Crippen molar-refractivity contribution in [3.63, 3.8) is 0 Å². The fourth-order valence-electron chi connectivity index (χ4n) is 2.49. The highest BCUT2D eigenvalue weighted by molar-refractivity contribution is 14.1. The molecule has 0 saturated heterocycles. The molecule has 0 heterocycles. The van der Waals surface area contributed by atoms with Gasteiger partial charge in [-0.3, -0.25) is 0 Å². The minimum atomic E-state index is -1.40. The molecule has 0 aromatic carbocycles. The fourth-order valence-corrected chi connectivity index (χ4v) is 12.6. The Hall–Kier alpha value is 1.85. The summed E-state index contributed by atoms with van der Waals surface area (Å²) in [7, 11) is -2.80. The Kier molecular flexibility index (Phi) is 12.5. The minimum absolute atomic E-state index is 1.30. The second kappa shape index (κ2) is 11.4. The molecule has 0 saturated carbocycles. The Labute approximate surface area is 150 Å².